The van der Waals surface area contributed by atoms with Gasteiger partial charge in [-0.1, -0.05) is 6.07 Å². The van der Waals surface area contributed by atoms with Crippen molar-refractivity contribution < 1.29 is 24.3 Å². The highest BCUT2D eigenvalue weighted by molar-refractivity contribution is 7.51. The number of imidazole rings is 1. The lowest BCUT2D eigenvalue weighted by Crippen LogP contribution is -2.00. The summed E-state index contributed by atoms with van der Waals surface area (Å²) in [5, 5.41) is 8.84. The normalized spacial score (nSPS) is 11.9. The van der Waals surface area contributed by atoms with Gasteiger partial charge in [0.25, 0.3) is 0 Å². The van der Waals surface area contributed by atoms with Crippen LogP contribution < -0.4 is 0 Å². The number of carboxylic acids is 1. The minimum absolute atomic E-state index is 0.0985. The predicted molar refractivity (Wildman–Crippen MR) is 62.8 cm³/mol. The summed E-state index contributed by atoms with van der Waals surface area (Å²) >= 11 is 0. The monoisotopic (exact) mass is 270 g/mol. The Kier molecular flexibility index (Phi) is 3.21. The first-order chi connectivity index (χ1) is 8.37. The summed E-state index contributed by atoms with van der Waals surface area (Å²) in [4.78, 5) is 32.4. The Morgan fingerprint density at radius 3 is 2.72 bits per heavy atom. The van der Waals surface area contributed by atoms with E-state index in [9.17, 15) is 9.36 Å². The van der Waals surface area contributed by atoms with Crippen molar-refractivity contribution in [2.75, 3.05) is 6.16 Å². The van der Waals surface area contributed by atoms with Crippen LogP contribution in [0.5, 0.6) is 0 Å². The second-order valence-corrected chi connectivity index (χ2v) is 5.59. The number of rotatable bonds is 4. The Balaban J connectivity index is 2.39. The smallest absolute Gasteiger partial charge is 0.356 e. The van der Waals surface area contributed by atoms with E-state index in [2.05, 4.69) is 4.98 Å². The Morgan fingerprint density at radius 2 is 2.11 bits per heavy atom. The predicted octanol–water partition coefficient (Wildman–Crippen LogP) is 0.753. The van der Waals surface area contributed by atoms with Gasteiger partial charge in [-0.25, -0.2) is 9.78 Å². The summed E-state index contributed by atoms with van der Waals surface area (Å²) in [6, 6.07) is 4.98. The van der Waals surface area contributed by atoms with Crippen LogP contribution >= 0.6 is 7.60 Å². The van der Waals surface area contributed by atoms with Crippen molar-refractivity contribution in [1.82, 2.24) is 9.38 Å². The molecule has 0 saturated heterocycles. The first-order valence-corrected chi connectivity index (χ1v) is 6.91. The maximum Gasteiger partial charge on any atom is 0.356 e. The first-order valence-electron chi connectivity index (χ1n) is 5.12. The van der Waals surface area contributed by atoms with Gasteiger partial charge < -0.3 is 19.3 Å². The van der Waals surface area contributed by atoms with E-state index in [-0.39, 0.29) is 18.3 Å². The van der Waals surface area contributed by atoms with Gasteiger partial charge in [0, 0.05) is 11.9 Å². The van der Waals surface area contributed by atoms with Gasteiger partial charge in [-0.15, -0.1) is 0 Å². The zero-order valence-electron chi connectivity index (χ0n) is 9.22. The lowest BCUT2D eigenvalue weighted by Gasteiger charge is -2.06. The molecule has 3 N–H and O–H groups in total. The molecule has 18 heavy (non-hydrogen) atoms. The zero-order chi connectivity index (χ0) is 13.3. The minimum atomic E-state index is -4.07. The number of hydrogen-bond donors (Lipinski definition) is 3. The van der Waals surface area contributed by atoms with Crippen molar-refractivity contribution in [2.24, 2.45) is 0 Å². The molecular formula is C10H11N2O5P. The van der Waals surface area contributed by atoms with E-state index >= 15 is 0 Å². The molecule has 0 aliphatic heterocycles. The molecule has 2 aromatic heterocycles. The van der Waals surface area contributed by atoms with Crippen LogP contribution in [-0.2, 0) is 11.0 Å². The third-order valence-corrected chi connectivity index (χ3v) is 3.26. The Labute approximate surface area is 102 Å². The third kappa shape index (κ3) is 2.76. The van der Waals surface area contributed by atoms with E-state index in [4.69, 9.17) is 14.9 Å². The molecular weight excluding hydrogens is 259 g/mol. The van der Waals surface area contributed by atoms with Gasteiger partial charge in [-0.2, -0.15) is 0 Å². The van der Waals surface area contributed by atoms with Crippen LogP contribution in [0.2, 0.25) is 0 Å². The molecule has 2 heterocycles. The zero-order valence-corrected chi connectivity index (χ0v) is 10.1. The lowest BCUT2D eigenvalue weighted by atomic mass is 10.3. The van der Waals surface area contributed by atoms with E-state index in [1.54, 1.807) is 18.2 Å². The molecule has 8 heteroatoms. The van der Waals surface area contributed by atoms with Crippen LogP contribution in [0.25, 0.3) is 5.65 Å². The molecule has 2 aromatic rings. The average Bonchev–Trinajstić information content (AvgIpc) is 2.69. The van der Waals surface area contributed by atoms with Crippen molar-refractivity contribution in [3.63, 3.8) is 0 Å². The number of fused-ring (bicyclic) bond motifs is 1. The molecule has 2 rings (SSSR count). The number of aromatic carboxylic acids is 1. The number of aromatic nitrogens is 2. The number of carboxylic acid groups (broad SMARTS) is 1. The van der Waals surface area contributed by atoms with Crippen molar-refractivity contribution in [3.05, 3.63) is 35.8 Å². The van der Waals surface area contributed by atoms with E-state index < -0.39 is 13.6 Å². The molecule has 0 bridgehead atoms. The van der Waals surface area contributed by atoms with E-state index in [1.807, 2.05) is 0 Å². The Bertz CT molecular complexity index is 645. The molecule has 0 unspecified atom stereocenters. The summed E-state index contributed by atoms with van der Waals surface area (Å²) in [7, 11) is -4.07. The molecule has 0 saturated carbocycles. The number of nitrogens with zero attached hydrogens (tertiary/aromatic N) is 2. The van der Waals surface area contributed by atoms with Gasteiger partial charge in [-0.05, 0) is 18.6 Å². The van der Waals surface area contributed by atoms with E-state index in [1.165, 1.54) is 10.6 Å². The maximum absolute atomic E-state index is 10.8. The molecule has 0 fully saturated rings. The maximum atomic E-state index is 10.8. The highest BCUT2D eigenvalue weighted by atomic mass is 31.2. The van der Waals surface area contributed by atoms with E-state index in [0.717, 1.165) is 0 Å². The van der Waals surface area contributed by atoms with Crippen molar-refractivity contribution in [2.45, 2.75) is 6.42 Å². The van der Waals surface area contributed by atoms with Gasteiger partial charge >= 0.3 is 13.6 Å². The molecule has 0 radical (unpaired) electrons. The third-order valence-electron chi connectivity index (χ3n) is 2.45. The molecule has 0 amide bonds. The SMILES string of the molecule is O=C(O)c1cn2c(CCP(=O)(O)O)cccc2n1. The fraction of sp³-hybridized carbons (Fsp3) is 0.200. The van der Waals surface area contributed by atoms with Crippen LogP contribution in [0.15, 0.2) is 24.4 Å². The highest BCUT2D eigenvalue weighted by Crippen LogP contribution is 2.34. The number of hydrogen-bond acceptors (Lipinski definition) is 3. The van der Waals surface area contributed by atoms with Gasteiger partial charge in [-0.3, -0.25) is 4.57 Å². The molecule has 0 aliphatic carbocycles. The van der Waals surface area contributed by atoms with Crippen molar-refractivity contribution in [3.8, 4) is 0 Å². The number of carbonyl (C=O) groups is 1. The van der Waals surface area contributed by atoms with E-state index in [0.29, 0.717) is 11.3 Å². The van der Waals surface area contributed by atoms with Crippen LogP contribution in [-0.4, -0.2) is 36.4 Å². The molecule has 7 nitrogen and oxygen atoms in total. The van der Waals surface area contributed by atoms with Gasteiger partial charge in [0.15, 0.2) is 5.69 Å². The topological polar surface area (TPSA) is 112 Å². The molecule has 0 aliphatic rings. The van der Waals surface area contributed by atoms with Gasteiger partial charge in [0.2, 0.25) is 0 Å². The minimum Gasteiger partial charge on any atom is -0.476 e. The van der Waals surface area contributed by atoms with Crippen LogP contribution in [0.3, 0.4) is 0 Å². The fourth-order valence-electron chi connectivity index (χ4n) is 1.63. The van der Waals surface area contributed by atoms with Gasteiger partial charge in [0.05, 0.1) is 6.16 Å². The Morgan fingerprint density at radius 1 is 1.39 bits per heavy atom. The summed E-state index contributed by atoms with van der Waals surface area (Å²) in [5.74, 6) is -1.14. The molecule has 0 atom stereocenters. The van der Waals surface area contributed by atoms with Crippen LogP contribution in [0.4, 0.5) is 0 Å². The fourth-order valence-corrected chi connectivity index (χ4v) is 2.16. The largest absolute Gasteiger partial charge is 0.476 e. The molecule has 96 valence electrons. The van der Waals surface area contributed by atoms with Crippen LogP contribution in [0.1, 0.15) is 16.2 Å². The van der Waals surface area contributed by atoms with Crippen molar-refractivity contribution in [1.29, 1.82) is 0 Å². The highest BCUT2D eigenvalue weighted by Gasteiger charge is 2.15. The number of aryl methyl sites for hydroxylation is 1. The summed E-state index contributed by atoms with van der Waals surface area (Å²) < 4.78 is 12.4. The second-order valence-electron chi connectivity index (χ2n) is 3.81. The summed E-state index contributed by atoms with van der Waals surface area (Å²) in [6.07, 6.45) is 1.20. The number of pyridine rings is 1. The Hall–Kier alpha value is -1.69. The second kappa shape index (κ2) is 4.53. The molecule has 0 spiro atoms. The standard InChI is InChI=1S/C10H11N2O5P/c13-10(14)8-6-12-7(4-5-18(15,16)17)2-1-3-9(12)11-8/h1-3,6H,4-5H2,(H,13,14)(H2,15,16,17). The first kappa shape index (κ1) is 12.8. The van der Waals surface area contributed by atoms with Crippen LogP contribution in [0, 0.1) is 0 Å². The van der Waals surface area contributed by atoms with Crippen molar-refractivity contribution >= 4 is 19.2 Å². The average molecular weight is 270 g/mol. The van der Waals surface area contributed by atoms with Gasteiger partial charge in [0.1, 0.15) is 5.65 Å². The summed E-state index contributed by atoms with van der Waals surface area (Å²) in [6.45, 7) is 0. The quantitative estimate of drug-likeness (QED) is 0.707. The summed E-state index contributed by atoms with van der Waals surface area (Å²) in [5.41, 5.74) is 0.949. The lowest BCUT2D eigenvalue weighted by molar-refractivity contribution is 0.0691. The molecule has 0 aromatic carbocycles.